The Morgan fingerprint density at radius 3 is 2.64 bits per heavy atom. The summed E-state index contributed by atoms with van der Waals surface area (Å²) >= 11 is 4.70. The zero-order chi connectivity index (χ0) is 22.9. The number of thiazole rings is 1. The molecule has 2 aromatic rings. The smallest absolute Gasteiger partial charge is 0.305 e. The summed E-state index contributed by atoms with van der Waals surface area (Å²) in [5.41, 5.74) is 0. The van der Waals surface area contributed by atoms with E-state index in [1.807, 2.05) is 6.07 Å². The fourth-order valence-electron chi connectivity index (χ4n) is 6.81. The fraction of sp³-hybridized carbons (Fsp3) is 0.565. The van der Waals surface area contributed by atoms with Crippen molar-refractivity contribution in [3.63, 3.8) is 0 Å². The highest BCUT2D eigenvalue weighted by molar-refractivity contribution is 8.00. The number of fused-ring (bicyclic) bond motifs is 9. The molecule has 3 fully saturated rings. The zero-order valence-electron chi connectivity index (χ0n) is 17.8. The van der Waals surface area contributed by atoms with Crippen LogP contribution in [0.25, 0.3) is 0 Å². The molecule has 0 unspecified atom stereocenters. The van der Waals surface area contributed by atoms with Crippen molar-refractivity contribution in [3.05, 3.63) is 36.9 Å². The third-order valence-corrected chi connectivity index (χ3v) is 11.5. The first kappa shape index (κ1) is 21.6. The van der Waals surface area contributed by atoms with Gasteiger partial charge in [-0.1, -0.05) is 23.8 Å². The number of aromatic nitrogens is 1. The largest absolute Gasteiger partial charge is 0.481 e. The molecule has 6 rings (SSSR count). The summed E-state index contributed by atoms with van der Waals surface area (Å²) in [4.78, 5) is 56.5. The van der Waals surface area contributed by atoms with Crippen LogP contribution in [0.4, 0.5) is 0 Å². The van der Waals surface area contributed by atoms with Gasteiger partial charge in [-0.05, 0) is 48.5 Å². The van der Waals surface area contributed by atoms with Crippen LogP contribution >= 0.6 is 34.4 Å². The van der Waals surface area contributed by atoms with Crippen LogP contribution < -0.4 is 4.87 Å². The van der Waals surface area contributed by atoms with Gasteiger partial charge in [0.15, 0.2) is 0 Å². The van der Waals surface area contributed by atoms with Gasteiger partial charge in [0.1, 0.15) is 0 Å². The number of likely N-dealkylation sites (tertiary alicyclic amines) is 1. The number of rotatable bonds is 7. The van der Waals surface area contributed by atoms with Crippen molar-refractivity contribution in [2.24, 2.45) is 29.6 Å². The van der Waals surface area contributed by atoms with Crippen LogP contribution in [-0.4, -0.2) is 44.6 Å². The van der Waals surface area contributed by atoms with Gasteiger partial charge >= 0.3 is 10.8 Å². The highest BCUT2D eigenvalue weighted by Crippen LogP contribution is 2.68. The topological polar surface area (TPSA) is 108 Å². The fourth-order valence-corrected chi connectivity index (χ4v) is 10.7. The summed E-state index contributed by atoms with van der Waals surface area (Å²) in [5, 5.41) is 12.0. The van der Waals surface area contributed by atoms with E-state index in [1.54, 1.807) is 23.1 Å². The SMILES string of the molecule is O=C(O)CCCCCN1C(=O)[C@@H]2[C@H]3C[C@@H]([C@@H]2C1=O)[C@@H]1[C@H](c2cccs2)c2sc(=O)[nH]c2S[C@@H]31. The average Bonchev–Trinajstić information content (AvgIpc) is 3.57. The molecule has 4 aliphatic rings. The standard InChI is InChI=1S/C23H24N2O5S3/c26-13(27)6-2-1-3-7-25-21(28)15-10-9-11(16(15)22(25)29)18-14(10)17(12-5-4-8-31-12)19-20(32-18)24-23(30)33-19/h4-5,8,10-11,14-18H,1-3,6-7,9H2,(H,24,30)(H,26,27)/t10-,11-,14-,15+,16-,17+,18+/m1/s1. The number of amides is 2. The normalized spacial score (nSPS) is 33.9. The van der Waals surface area contributed by atoms with Gasteiger partial charge in [0.05, 0.1) is 16.9 Å². The lowest BCUT2D eigenvalue weighted by molar-refractivity contribution is -0.141. The van der Waals surface area contributed by atoms with Gasteiger partial charge in [0.25, 0.3) is 0 Å². The number of nitrogens with zero attached hydrogens (tertiary/aromatic N) is 1. The second-order valence-electron chi connectivity index (χ2n) is 9.51. The number of carboxylic acids is 1. The Morgan fingerprint density at radius 1 is 1.12 bits per heavy atom. The maximum Gasteiger partial charge on any atom is 0.305 e. The van der Waals surface area contributed by atoms with E-state index in [9.17, 15) is 19.2 Å². The van der Waals surface area contributed by atoms with Crippen molar-refractivity contribution in [2.45, 2.75) is 48.3 Å². The number of hydrogen-bond acceptors (Lipinski definition) is 7. The Labute approximate surface area is 202 Å². The van der Waals surface area contributed by atoms with Crippen molar-refractivity contribution in [2.75, 3.05) is 6.54 Å². The maximum atomic E-state index is 13.4. The first-order valence-electron chi connectivity index (χ1n) is 11.5. The molecule has 2 N–H and O–H groups in total. The van der Waals surface area contributed by atoms with E-state index >= 15 is 0 Å². The number of carbonyl (C=O) groups is 3. The number of thioether (sulfide) groups is 1. The Kier molecular flexibility index (Phi) is 5.30. The molecule has 0 spiro atoms. The lowest BCUT2D eigenvalue weighted by atomic mass is 9.69. The zero-order valence-corrected chi connectivity index (χ0v) is 20.2. The third-order valence-electron chi connectivity index (χ3n) is 7.94. The van der Waals surface area contributed by atoms with Crippen LogP contribution in [0.3, 0.4) is 0 Å². The number of imide groups is 1. The quantitative estimate of drug-likeness (QED) is 0.441. The lowest BCUT2D eigenvalue weighted by Gasteiger charge is -2.42. The molecular formula is C23H24N2O5S3. The average molecular weight is 505 g/mol. The lowest BCUT2D eigenvalue weighted by Crippen LogP contribution is -2.42. The minimum absolute atomic E-state index is 0.0304. The molecule has 4 heterocycles. The second-order valence-corrected chi connectivity index (χ2v) is 12.7. The van der Waals surface area contributed by atoms with Crippen molar-refractivity contribution in [1.82, 2.24) is 9.88 Å². The van der Waals surface area contributed by atoms with E-state index < -0.39 is 5.97 Å². The van der Waals surface area contributed by atoms with Crippen LogP contribution in [0, 0.1) is 29.6 Å². The molecule has 0 aromatic carbocycles. The maximum absolute atomic E-state index is 13.4. The van der Waals surface area contributed by atoms with E-state index in [1.165, 1.54) is 21.1 Å². The first-order valence-corrected chi connectivity index (χ1v) is 14.0. The number of unbranched alkanes of at least 4 members (excludes halogenated alkanes) is 2. The van der Waals surface area contributed by atoms with Gasteiger partial charge in [-0.15, -0.1) is 23.1 Å². The molecule has 1 saturated heterocycles. The molecule has 7 nitrogen and oxygen atoms in total. The Bertz CT molecular complexity index is 1170. The molecule has 2 bridgehead atoms. The Hall–Kier alpha value is -1.91. The van der Waals surface area contributed by atoms with E-state index in [4.69, 9.17) is 5.11 Å². The number of hydrogen-bond donors (Lipinski definition) is 2. The summed E-state index contributed by atoms with van der Waals surface area (Å²) in [5.74, 6) is -0.695. The molecule has 174 valence electrons. The number of carboxylic acid groups (broad SMARTS) is 1. The number of thiophene rings is 1. The molecule has 7 atom stereocenters. The summed E-state index contributed by atoms with van der Waals surface area (Å²) in [6.45, 7) is 0.390. The summed E-state index contributed by atoms with van der Waals surface area (Å²) < 4.78 is 0. The number of H-pyrrole nitrogens is 1. The molecular weight excluding hydrogens is 480 g/mol. The first-order chi connectivity index (χ1) is 16.0. The van der Waals surface area contributed by atoms with E-state index in [0.29, 0.717) is 25.8 Å². The van der Waals surface area contributed by atoms with E-state index in [-0.39, 0.29) is 63.9 Å². The van der Waals surface area contributed by atoms with Gasteiger partial charge in [0.2, 0.25) is 11.8 Å². The number of carbonyl (C=O) groups excluding carboxylic acids is 2. The molecule has 2 amide bonds. The van der Waals surface area contributed by atoms with Crippen LogP contribution in [-0.2, 0) is 14.4 Å². The molecule has 2 aliphatic carbocycles. The van der Waals surface area contributed by atoms with Crippen molar-refractivity contribution in [1.29, 1.82) is 0 Å². The van der Waals surface area contributed by atoms with Gasteiger partial charge in [-0.3, -0.25) is 24.1 Å². The van der Waals surface area contributed by atoms with E-state index in [2.05, 4.69) is 16.4 Å². The highest BCUT2D eigenvalue weighted by Gasteiger charge is 2.69. The number of nitrogens with one attached hydrogen (secondary N) is 1. The molecule has 2 aliphatic heterocycles. The van der Waals surface area contributed by atoms with Gasteiger partial charge in [-0.25, -0.2) is 0 Å². The summed E-state index contributed by atoms with van der Waals surface area (Å²) in [6.07, 6.45) is 2.93. The predicted octanol–water partition coefficient (Wildman–Crippen LogP) is 3.62. The van der Waals surface area contributed by atoms with Crippen molar-refractivity contribution in [3.8, 4) is 0 Å². The summed E-state index contributed by atoms with van der Waals surface area (Å²) in [7, 11) is 0. The molecule has 10 heteroatoms. The molecule has 2 aromatic heterocycles. The Morgan fingerprint density at radius 2 is 1.91 bits per heavy atom. The minimum atomic E-state index is -0.815. The van der Waals surface area contributed by atoms with Crippen LogP contribution in [0.15, 0.2) is 27.3 Å². The summed E-state index contributed by atoms with van der Waals surface area (Å²) in [6, 6.07) is 4.17. The van der Waals surface area contributed by atoms with Gasteiger partial charge in [-0.2, -0.15) is 0 Å². The molecule has 2 saturated carbocycles. The van der Waals surface area contributed by atoms with Crippen LogP contribution in [0.2, 0.25) is 0 Å². The Balaban J connectivity index is 1.27. The van der Waals surface area contributed by atoms with Crippen LogP contribution in [0.1, 0.15) is 47.8 Å². The monoisotopic (exact) mass is 504 g/mol. The van der Waals surface area contributed by atoms with Crippen molar-refractivity contribution < 1.29 is 19.5 Å². The highest BCUT2D eigenvalue weighted by atomic mass is 32.2. The predicted molar refractivity (Wildman–Crippen MR) is 126 cm³/mol. The number of aromatic amines is 1. The van der Waals surface area contributed by atoms with Gasteiger partial charge in [0, 0.05) is 33.9 Å². The minimum Gasteiger partial charge on any atom is -0.481 e. The third kappa shape index (κ3) is 3.28. The molecule has 0 radical (unpaired) electrons. The number of aliphatic carboxylic acids is 1. The van der Waals surface area contributed by atoms with E-state index in [0.717, 1.165) is 16.3 Å². The van der Waals surface area contributed by atoms with Crippen molar-refractivity contribution >= 4 is 52.2 Å². The second kappa shape index (κ2) is 8.09. The molecule has 33 heavy (non-hydrogen) atoms. The van der Waals surface area contributed by atoms with Gasteiger partial charge < -0.3 is 10.1 Å². The van der Waals surface area contributed by atoms with Crippen LogP contribution in [0.5, 0.6) is 0 Å².